The van der Waals surface area contributed by atoms with E-state index >= 15 is 0 Å². The van der Waals surface area contributed by atoms with Crippen molar-refractivity contribution in [3.05, 3.63) is 29.8 Å². The molecule has 2 aliphatic rings. The van der Waals surface area contributed by atoms with Crippen LogP contribution in [0, 0.1) is 0 Å². The fourth-order valence-corrected chi connectivity index (χ4v) is 4.04. The first-order chi connectivity index (χ1) is 14.5. The van der Waals surface area contributed by atoms with Crippen LogP contribution in [-0.2, 0) is 9.59 Å². The van der Waals surface area contributed by atoms with Gasteiger partial charge in [0.2, 0.25) is 5.91 Å². The van der Waals surface area contributed by atoms with Crippen LogP contribution in [0.5, 0.6) is 5.75 Å². The summed E-state index contributed by atoms with van der Waals surface area (Å²) in [5, 5.41) is 18.9. The highest BCUT2D eigenvalue weighted by Crippen LogP contribution is 2.22. The number of nitrogens with zero attached hydrogens (tertiary/aromatic N) is 4. The summed E-state index contributed by atoms with van der Waals surface area (Å²) < 4.78 is 5.85. The predicted octanol–water partition coefficient (Wildman–Crippen LogP) is 1.10. The Kier molecular flexibility index (Phi) is 8.23. The summed E-state index contributed by atoms with van der Waals surface area (Å²) in [7, 11) is 2.15. The SMILES string of the molecule is CN1CCN(CCCOc2cccc(C=NN=C3NC(=O)C(CC(=O)O)S3)c2)CC1. The number of piperazine rings is 1. The normalized spacial score (nSPS) is 22.0. The second kappa shape index (κ2) is 11.1. The van der Waals surface area contributed by atoms with Crippen molar-refractivity contribution in [1.29, 1.82) is 0 Å². The molecule has 162 valence electrons. The van der Waals surface area contributed by atoms with E-state index in [9.17, 15) is 9.59 Å². The Morgan fingerprint density at radius 1 is 1.37 bits per heavy atom. The lowest BCUT2D eigenvalue weighted by Gasteiger charge is -2.32. The van der Waals surface area contributed by atoms with Gasteiger partial charge in [-0.1, -0.05) is 23.9 Å². The highest BCUT2D eigenvalue weighted by molar-refractivity contribution is 8.15. The van der Waals surface area contributed by atoms with Gasteiger partial charge in [0, 0.05) is 32.7 Å². The van der Waals surface area contributed by atoms with Crippen LogP contribution in [0.2, 0.25) is 0 Å². The Hall–Kier alpha value is -2.43. The minimum atomic E-state index is -1.02. The van der Waals surface area contributed by atoms with E-state index in [4.69, 9.17) is 9.84 Å². The van der Waals surface area contributed by atoms with Crippen LogP contribution < -0.4 is 10.1 Å². The van der Waals surface area contributed by atoms with Crippen LogP contribution >= 0.6 is 11.8 Å². The summed E-state index contributed by atoms with van der Waals surface area (Å²) in [6.07, 6.45) is 2.30. The van der Waals surface area contributed by atoms with Gasteiger partial charge in [-0.2, -0.15) is 5.10 Å². The maximum atomic E-state index is 11.7. The molecule has 0 aliphatic carbocycles. The topological polar surface area (TPSA) is 107 Å². The molecule has 1 amide bonds. The summed E-state index contributed by atoms with van der Waals surface area (Å²) >= 11 is 1.07. The number of hydrogen-bond donors (Lipinski definition) is 2. The third kappa shape index (κ3) is 7.12. The van der Waals surface area contributed by atoms with Gasteiger partial charge in [0.15, 0.2) is 5.17 Å². The monoisotopic (exact) mass is 433 g/mol. The molecule has 30 heavy (non-hydrogen) atoms. The number of carbonyl (C=O) groups is 2. The molecule has 2 saturated heterocycles. The number of ether oxygens (including phenoxy) is 1. The van der Waals surface area contributed by atoms with E-state index in [0.29, 0.717) is 11.8 Å². The van der Waals surface area contributed by atoms with Crippen molar-refractivity contribution >= 4 is 35.0 Å². The fraction of sp³-hybridized carbons (Fsp3) is 0.500. The zero-order chi connectivity index (χ0) is 21.3. The van der Waals surface area contributed by atoms with Crippen molar-refractivity contribution in [2.24, 2.45) is 10.2 Å². The highest BCUT2D eigenvalue weighted by atomic mass is 32.2. The van der Waals surface area contributed by atoms with E-state index in [1.54, 1.807) is 6.21 Å². The Morgan fingerprint density at radius 3 is 2.93 bits per heavy atom. The summed E-state index contributed by atoms with van der Waals surface area (Å²) in [5.74, 6) is -0.605. The highest BCUT2D eigenvalue weighted by Gasteiger charge is 2.32. The van der Waals surface area contributed by atoms with Crippen molar-refractivity contribution in [3.63, 3.8) is 0 Å². The third-order valence-corrected chi connectivity index (χ3v) is 5.91. The smallest absolute Gasteiger partial charge is 0.305 e. The van der Waals surface area contributed by atoms with E-state index < -0.39 is 11.2 Å². The number of aliphatic carboxylic acids is 1. The van der Waals surface area contributed by atoms with E-state index in [1.165, 1.54) is 0 Å². The summed E-state index contributed by atoms with van der Waals surface area (Å²) in [5.41, 5.74) is 0.826. The number of hydrogen-bond acceptors (Lipinski definition) is 8. The zero-order valence-corrected chi connectivity index (χ0v) is 17.8. The summed E-state index contributed by atoms with van der Waals surface area (Å²) in [6.45, 7) is 6.16. The molecule has 0 radical (unpaired) electrons. The van der Waals surface area contributed by atoms with E-state index in [2.05, 4.69) is 32.4 Å². The van der Waals surface area contributed by atoms with Gasteiger partial charge in [-0.05, 0) is 31.2 Å². The van der Waals surface area contributed by atoms with Crippen LogP contribution in [0.3, 0.4) is 0 Å². The lowest BCUT2D eigenvalue weighted by Crippen LogP contribution is -2.44. The van der Waals surface area contributed by atoms with Gasteiger partial charge in [-0.15, -0.1) is 5.10 Å². The van der Waals surface area contributed by atoms with Gasteiger partial charge >= 0.3 is 5.97 Å². The number of likely N-dealkylation sites (N-methyl/N-ethyl adjacent to an activating group) is 1. The van der Waals surface area contributed by atoms with Crippen LogP contribution in [0.1, 0.15) is 18.4 Å². The van der Waals surface area contributed by atoms with Crippen molar-refractivity contribution in [2.45, 2.75) is 18.1 Å². The molecule has 1 unspecified atom stereocenters. The Labute approximate surface area is 180 Å². The third-order valence-electron chi connectivity index (χ3n) is 4.83. The molecule has 0 bridgehead atoms. The first kappa shape index (κ1) is 22.3. The van der Waals surface area contributed by atoms with Crippen molar-refractivity contribution in [1.82, 2.24) is 15.1 Å². The maximum Gasteiger partial charge on any atom is 0.305 e. The number of thioether (sulfide) groups is 1. The second-order valence-corrected chi connectivity index (χ2v) is 8.45. The average Bonchev–Trinajstić information content (AvgIpc) is 3.05. The number of rotatable bonds is 9. The number of amidine groups is 1. The molecule has 9 nitrogen and oxygen atoms in total. The van der Waals surface area contributed by atoms with Crippen LogP contribution in [0.15, 0.2) is 34.5 Å². The largest absolute Gasteiger partial charge is 0.494 e. The molecule has 3 rings (SSSR count). The molecular formula is C20H27N5O4S. The molecule has 1 aromatic carbocycles. The molecule has 2 heterocycles. The average molecular weight is 434 g/mol. The minimum absolute atomic E-state index is 0.243. The van der Waals surface area contributed by atoms with Crippen molar-refractivity contribution in [2.75, 3.05) is 46.4 Å². The molecule has 2 aliphatic heterocycles. The summed E-state index contributed by atoms with van der Waals surface area (Å²) in [4.78, 5) is 27.2. The van der Waals surface area contributed by atoms with Crippen LogP contribution in [0.4, 0.5) is 0 Å². The van der Waals surface area contributed by atoms with Gasteiger partial charge in [0.25, 0.3) is 0 Å². The Morgan fingerprint density at radius 2 is 2.17 bits per heavy atom. The number of carboxylic acids is 1. The number of carboxylic acid groups (broad SMARTS) is 1. The van der Waals surface area contributed by atoms with Gasteiger partial charge in [-0.25, -0.2) is 0 Å². The first-order valence-corrected chi connectivity index (χ1v) is 10.8. The molecule has 1 atom stereocenters. The predicted molar refractivity (Wildman–Crippen MR) is 117 cm³/mol. The molecule has 2 fully saturated rings. The fourth-order valence-electron chi connectivity index (χ4n) is 3.13. The lowest BCUT2D eigenvalue weighted by molar-refractivity contribution is -0.138. The number of amides is 1. The molecule has 0 aromatic heterocycles. The molecule has 2 N–H and O–H groups in total. The second-order valence-electron chi connectivity index (χ2n) is 7.26. The van der Waals surface area contributed by atoms with E-state index in [-0.39, 0.29) is 12.3 Å². The van der Waals surface area contributed by atoms with E-state index in [0.717, 1.165) is 62.2 Å². The first-order valence-electron chi connectivity index (χ1n) is 9.94. The standard InChI is InChI=1S/C20H27N5O4S/c1-24-7-9-25(10-8-24)6-3-11-29-16-5-2-4-15(12-16)14-21-23-20-22-19(28)17(30-20)13-18(26)27/h2,4-5,12,14,17H,3,6-11,13H2,1H3,(H,26,27)(H,22,23,28). The van der Waals surface area contributed by atoms with Gasteiger partial charge < -0.3 is 25.0 Å². The van der Waals surface area contributed by atoms with Crippen molar-refractivity contribution < 1.29 is 19.4 Å². The Balaban J connectivity index is 1.42. The summed E-state index contributed by atoms with van der Waals surface area (Å²) in [6, 6.07) is 7.56. The van der Waals surface area contributed by atoms with Gasteiger partial charge in [-0.3, -0.25) is 9.59 Å². The van der Waals surface area contributed by atoms with Gasteiger partial charge in [0.1, 0.15) is 11.0 Å². The molecule has 0 saturated carbocycles. The molecular weight excluding hydrogens is 406 g/mol. The lowest BCUT2D eigenvalue weighted by atomic mass is 10.2. The zero-order valence-electron chi connectivity index (χ0n) is 17.0. The van der Waals surface area contributed by atoms with E-state index in [1.807, 2.05) is 24.3 Å². The number of benzene rings is 1. The maximum absolute atomic E-state index is 11.7. The molecule has 0 spiro atoms. The quantitative estimate of drug-likeness (QED) is 0.341. The number of nitrogens with one attached hydrogen (secondary N) is 1. The number of carbonyl (C=O) groups excluding carboxylic acids is 1. The van der Waals surface area contributed by atoms with Gasteiger partial charge in [0.05, 0.1) is 19.2 Å². The molecule has 10 heteroatoms. The Bertz CT molecular complexity index is 808. The van der Waals surface area contributed by atoms with Crippen molar-refractivity contribution in [3.8, 4) is 5.75 Å². The minimum Gasteiger partial charge on any atom is -0.494 e. The van der Waals surface area contributed by atoms with Crippen LogP contribution in [0.25, 0.3) is 0 Å². The molecule has 1 aromatic rings. The van der Waals surface area contributed by atoms with Crippen LogP contribution in [-0.4, -0.2) is 89.8 Å².